The maximum absolute atomic E-state index is 11.6. The molecule has 0 radical (unpaired) electrons. The highest BCUT2D eigenvalue weighted by molar-refractivity contribution is 5.83. The Hall–Kier alpha value is -1.15. The third kappa shape index (κ3) is 1.36. The molecule has 0 amide bonds. The number of ketones is 1. The molecular formula is C12H15NO. The number of nitrogens with two attached hydrogens (primary N) is 1. The van der Waals surface area contributed by atoms with Crippen molar-refractivity contribution in [2.75, 3.05) is 0 Å². The van der Waals surface area contributed by atoms with Crippen molar-refractivity contribution in [2.24, 2.45) is 11.7 Å². The van der Waals surface area contributed by atoms with Gasteiger partial charge in [0.05, 0.1) is 0 Å². The molecule has 2 nitrogen and oxygen atoms in total. The maximum atomic E-state index is 11.6. The molecular weight excluding hydrogens is 174 g/mol. The van der Waals surface area contributed by atoms with Crippen LogP contribution in [0.15, 0.2) is 24.3 Å². The van der Waals surface area contributed by atoms with Gasteiger partial charge < -0.3 is 5.73 Å². The van der Waals surface area contributed by atoms with Gasteiger partial charge in [0.25, 0.3) is 0 Å². The van der Waals surface area contributed by atoms with Gasteiger partial charge in [-0.05, 0) is 17.5 Å². The summed E-state index contributed by atoms with van der Waals surface area (Å²) in [6, 6.07) is 8.00. The van der Waals surface area contributed by atoms with E-state index >= 15 is 0 Å². The predicted molar refractivity (Wildman–Crippen MR) is 55.9 cm³/mol. The molecule has 2 rings (SSSR count). The topological polar surface area (TPSA) is 43.1 Å². The number of rotatable bonds is 2. The fraction of sp³-hybridized carbons (Fsp3) is 0.417. The van der Waals surface area contributed by atoms with Crippen LogP contribution in [0.3, 0.4) is 0 Å². The molecule has 0 bridgehead atoms. The molecule has 0 spiro atoms. The molecule has 14 heavy (non-hydrogen) atoms. The Kier molecular flexibility index (Phi) is 2.38. The number of Topliss-reactive ketones (excluding diaryl/α,β-unsaturated/α-hetero) is 1. The van der Waals surface area contributed by atoms with Crippen LogP contribution >= 0.6 is 0 Å². The van der Waals surface area contributed by atoms with E-state index in [0.29, 0.717) is 6.42 Å². The molecule has 2 heteroatoms. The van der Waals surface area contributed by atoms with E-state index in [-0.39, 0.29) is 17.7 Å². The van der Waals surface area contributed by atoms with Crippen molar-refractivity contribution in [3.8, 4) is 0 Å². The first-order valence-corrected chi connectivity index (χ1v) is 5.10. The average molecular weight is 189 g/mol. The highest BCUT2D eigenvalue weighted by Crippen LogP contribution is 2.34. The summed E-state index contributed by atoms with van der Waals surface area (Å²) in [4.78, 5) is 11.6. The summed E-state index contributed by atoms with van der Waals surface area (Å²) in [5, 5.41) is 0. The zero-order chi connectivity index (χ0) is 10.1. The van der Waals surface area contributed by atoms with Crippen LogP contribution < -0.4 is 5.73 Å². The normalized spacial score (nSPS) is 24.7. The molecule has 0 unspecified atom stereocenters. The summed E-state index contributed by atoms with van der Waals surface area (Å²) < 4.78 is 0. The molecule has 1 aliphatic carbocycles. The molecule has 74 valence electrons. The van der Waals surface area contributed by atoms with Gasteiger partial charge in [0.2, 0.25) is 0 Å². The smallest absolute Gasteiger partial charge is 0.137 e. The molecule has 0 saturated carbocycles. The summed E-state index contributed by atoms with van der Waals surface area (Å²) in [6.07, 6.45) is 1.41. The molecule has 0 saturated heterocycles. The van der Waals surface area contributed by atoms with Crippen LogP contribution in [0, 0.1) is 5.92 Å². The van der Waals surface area contributed by atoms with Crippen molar-refractivity contribution in [3.63, 3.8) is 0 Å². The minimum atomic E-state index is -0.0846. The first-order chi connectivity index (χ1) is 6.74. The van der Waals surface area contributed by atoms with Gasteiger partial charge in [0.15, 0.2) is 0 Å². The standard InChI is InChI=1S/C12H15NO/c1-2-11(14)10-7-8-5-3-4-6-9(8)12(10)13/h3-6,10,12H,2,7,13H2,1H3/t10-,12+/m0/s1. The second-order valence-electron chi connectivity index (χ2n) is 3.86. The van der Waals surface area contributed by atoms with Gasteiger partial charge in [0.1, 0.15) is 5.78 Å². The van der Waals surface area contributed by atoms with Crippen molar-refractivity contribution in [2.45, 2.75) is 25.8 Å². The van der Waals surface area contributed by atoms with E-state index in [1.165, 1.54) is 5.56 Å². The van der Waals surface area contributed by atoms with E-state index in [0.717, 1.165) is 12.0 Å². The zero-order valence-corrected chi connectivity index (χ0v) is 8.36. The van der Waals surface area contributed by atoms with E-state index in [4.69, 9.17) is 5.73 Å². The Morgan fingerprint density at radius 3 is 2.86 bits per heavy atom. The van der Waals surface area contributed by atoms with Crippen molar-refractivity contribution < 1.29 is 4.79 Å². The van der Waals surface area contributed by atoms with Crippen LogP contribution in [0.5, 0.6) is 0 Å². The average Bonchev–Trinajstić information content (AvgIpc) is 2.56. The minimum Gasteiger partial charge on any atom is -0.323 e. The molecule has 0 aliphatic heterocycles. The number of fused-ring (bicyclic) bond motifs is 1. The van der Waals surface area contributed by atoms with Crippen LogP contribution in [0.2, 0.25) is 0 Å². The third-order valence-corrected chi connectivity index (χ3v) is 3.05. The summed E-state index contributed by atoms with van der Waals surface area (Å²) in [6.45, 7) is 1.90. The van der Waals surface area contributed by atoms with E-state index < -0.39 is 0 Å². The molecule has 0 heterocycles. The second-order valence-corrected chi connectivity index (χ2v) is 3.86. The Balaban J connectivity index is 2.30. The molecule has 1 aromatic rings. The van der Waals surface area contributed by atoms with Crippen LogP contribution in [0.1, 0.15) is 30.5 Å². The fourth-order valence-electron chi connectivity index (χ4n) is 2.20. The number of hydrogen-bond donors (Lipinski definition) is 1. The molecule has 1 aliphatic rings. The van der Waals surface area contributed by atoms with Gasteiger partial charge in [-0.2, -0.15) is 0 Å². The van der Waals surface area contributed by atoms with E-state index in [1.54, 1.807) is 0 Å². The highest BCUT2D eigenvalue weighted by atomic mass is 16.1. The van der Waals surface area contributed by atoms with Crippen molar-refractivity contribution in [1.29, 1.82) is 0 Å². The van der Waals surface area contributed by atoms with E-state index in [1.807, 2.05) is 25.1 Å². The van der Waals surface area contributed by atoms with Crippen molar-refractivity contribution in [1.82, 2.24) is 0 Å². The summed E-state index contributed by atoms with van der Waals surface area (Å²) in [5.41, 5.74) is 8.44. The van der Waals surface area contributed by atoms with Crippen LogP contribution in [0.4, 0.5) is 0 Å². The Morgan fingerprint density at radius 1 is 1.50 bits per heavy atom. The lowest BCUT2D eigenvalue weighted by atomic mass is 9.95. The number of carbonyl (C=O) groups is 1. The Bertz CT molecular complexity index is 359. The molecule has 0 fully saturated rings. The van der Waals surface area contributed by atoms with Gasteiger partial charge >= 0.3 is 0 Å². The first kappa shape index (κ1) is 9.41. The Labute approximate surface area is 84.1 Å². The molecule has 0 aromatic heterocycles. The van der Waals surface area contributed by atoms with Gasteiger partial charge in [0, 0.05) is 18.4 Å². The fourth-order valence-corrected chi connectivity index (χ4v) is 2.20. The van der Waals surface area contributed by atoms with Gasteiger partial charge in [-0.1, -0.05) is 31.2 Å². The minimum absolute atomic E-state index is 0.0115. The summed E-state index contributed by atoms with van der Waals surface area (Å²) in [7, 11) is 0. The molecule has 2 atom stereocenters. The van der Waals surface area contributed by atoms with E-state index in [2.05, 4.69) is 6.07 Å². The third-order valence-electron chi connectivity index (χ3n) is 3.05. The van der Waals surface area contributed by atoms with Crippen LogP contribution in [-0.2, 0) is 11.2 Å². The largest absolute Gasteiger partial charge is 0.323 e. The highest BCUT2D eigenvalue weighted by Gasteiger charge is 2.33. The number of benzene rings is 1. The monoisotopic (exact) mass is 189 g/mol. The maximum Gasteiger partial charge on any atom is 0.137 e. The number of carbonyl (C=O) groups excluding carboxylic acids is 1. The van der Waals surface area contributed by atoms with Crippen molar-refractivity contribution in [3.05, 3.63) is 35.4 Å². The SMILES string of the molecule is CCC(=O)[C@@H]1Cc2ccccc2[C@H]1N. The number of hydrogen-bond acceptors (Lipinski definition) is 2. The second kappa shape index (κ2) is 3.54. The lowest BCUT2D eigenvalue weighted by Gasteiger charge is -2.13. The quantitative estimate of drug-likeness (QED) is 0.771. The lowest BCUT2D eigenvalue weighted by molar-refractivity contribution is -0.122. The first-order valence-electron chi connectivity index (χ1n) is 5.10. The van der Waals surface area contributed by atoms with Gasteiger partial charge in [-0.15, -0.1) is 0 Å². The van der Waals surface area contributed by atoms with Crippen LogP contribution in [0.25, 0.3) is 0 Å². The lowest BCUT2D eigenvalue weighted by Crippen LogP contribution is -2.24. The summed E-state index contributed by atoms with van der Waals surface area (Å²) >= 11 is 0. The van der Waals surface area contributed by atoms with E-state index in [9.17, 15) is 4.79 Å². The zero-order valence-electron chi connectivity index (χ0n) is 8.36. The molecule has 2 N–H and O–H groups in total. The van der Waals surface area contributed by atoms with Gasteiger partial charge in [-0.3, -0.25) is 4.79 Å². The van der Waals surface area contributed by atoms with Gasteiger partial charge in [-0.25, -0.2) is 0 Å². The van der Waals surface area contributed by atoms with Crippen molar-refractivity contribution >= 4 is 5.78 Å². The Morgan fingerprint density at radius 2 is 2.21 bits per heavy atom. The van der Waals surface area contributed by atoms with Crippen LogP contribution in [-0.4, -0.2) is 5.78 Å². The predicted octanol–water partition coefficient (Wildman–Crippen LogP) is 1.84. The summed E-state index contributed by atoms with van der Waals surface area (Å²) in [5.74, 6) is 0.297. The molecule has 1 aromatic carbocycles.